The van der Waals surface area contributed by atoms with Crippen molar-refractivity contribution in [2.24, 2.45) is 0 Å². The Labute approximate surface area is 90.3 Å². The fraction of sp³-hybridized carbons (Fsp3) is 0.154. The van der Waals surface area contributed by atoms with Crippen molar-refractivity contribution in [3.8, 4) is 0 Å². The predicted molar refractivity (Wildman–Crippen MR) is 63.6 cm³/mol. The second-order valence-corrected chi connectivity index (χ2v) is 3.56. The average molecular weight is 201 g/mol. The molecule has 0 fully saturated rings. The first-order valence-electron chi connectivity index (χ1n) is 4.78. The highest BCUT2D eigenvalue weighted by molar-refractivity contribution is 6.03. The molecular weight excluding hydrogens is 186 g/mol. The molecule has 0 heterocycles. The number of carbonyl (C=O) groups is 1. The SMILES string of the molecule is C=C(C)CC(=C)C(=O)Nc1ccccc1. The van der Waals surface area contributed by atoms with Gasteiger partial charge in [-0.3, -0.25) is 4.79 Å². The number of para-hydroxylation sites is 1. The van der Waals surface area contributed by atoms with Crippen molar-refractivity contribution in [2.45, 2.75) is 13.3 Å². The largest absolute Gasteiger partial charge is 0.322 e. The Morgan fingerprint density at radius 2 is 1.87 bits per heavy atom. The van der Waals surface area contributed by atoms with Crippen LogP contribution in [0.1, 0.15) is 13.3 Å². The fourth-order valence-electron chi connectivity index (χ4n) is 1.19. The second-order valence-electron chi connectivity index (χ2n) is 3.56. The zero-order valence-corrected chi connectivity index (χ0v) is 8.92. The Morgan fingerprint density at radius 3 is 2.40 bits per heavy atom. The van der Waals surface area contributed by atoms with Crippen LogP contribution >= 0.6 is 0 Å². The molecule has 0 saturated heterocycles. The van der Waals surface area contributed by atoms with E-state index >= 15 is 0 Å². The standard InChI is InChI=1S/C13H15NO/c1-10(2)9-11(3)13(15)14-12-7-5-4-6-8-12/h4-8H,1,3,9H2,2H3,(H,14,15). The Kier molecular flexibility index (Phi) is 3.86. The molecule has 0 spiro atoms. The summed E-state index contributed by atoms with van der Waals surface area (Å²) in [5, 5.41) is 2.77. The van der Waals surface area contributed by atoms with E-state index in [1.54, 1.807) is 0 Å². The zero-order chi connectivity index (χ0) is 11.3. The summed E-state index contributed by atoms with van der Waals surface area (Å²) in [6, 6.07) is 9.32. The second kappa shape index (κ2) is 5.15. The van der Waals surface area contributed by atoms with Crippen LogP contribution in [0.3, 0.4) is 0 Å². The van der Waals surface area contributed by atoms with Crippen LogP contribution < -0.4 is 5.32 Å². The number of amides is 1. The summed E-state index contributed by atoms with van der Waals surface area (Å²) in [5.41, 5.74) is 2.25. The van der Waals surface area contributed by atoms with Gasteiger partial charge in [-0.25, -0.2) is 0 Å². The molecule has 1 aromatic rings. The van der Waals surface area contributed by atoms with Crippen LogP contribution in [-0.4, -0.2) is 5.91 Å². The molecule has 0 radical (unpaired) electrons. The Balaban J connectivity index is 2.56. The minimum Gasteiger partial charge on any atom is -0.322 e. The number of allylic oxidation sites excluding steroid dienone is 1. The van der Waals surface area contributed by atoms with E-state index in [0.29, 0.717) is 12.0 Å². The minimum absolute atomic E-state index is 0.149. The van der Waals surface area contributed by atoms with E-state index in [1.807, 2.05) is 37.3 Å². The van der Waals surface area contributed by atoms with Crippen LogP contribution in [0.5, 0.6) is 0 Å². The topological polar surface area (TPSA) is 29.1 Å². The van der Waals surface area contributed by atoms with E-state index < -0.39 is 0 Å². The van der Waals surface area contributed by atoms with Crippen molar-refractivity contribution in [3.63, 3.8) is 0 Å². The van der Waals surface area contributed by atoms with Crippen LogP contribution in [0, 0.1) is 0 Å². The first-order chi connectivity index (χ1) is 7.09. The van der Waals surface area contributed by atoms with Gasteiger partial charge in [-0.05, 0) is 25.5 Å². The smallest absolute Gasteiger partial charge is 0.251 e. The number of hydrogen-bond donors (Lipinski definition) is 1. The van der Waals surface area contributed by atoms with E-state index in [9.17, 15) is 4.79 Å². The first kappa shape index (κ1) is 11.2. The van der Waals surface area contributed by atoms with Gasteiger partial charge in [-0.1, -0.05) is 36.9 Å². The molecule has 0 saturated carbocycles. The molecular formula is C13H15NO. The highest BCUT2D eigenvalue weighted by Crippen LogP contribution is 2.11. The van der Waals surface area contributed by atoms with Crippen molar-refractivity contribution in [2.75, 3.05) is 5.32 Å². The molecule has 1 N–H and O–H groups in total. The predicted octanol–water partition coefficient (Wildman–Crippen LogP) is 3.15. The van der Waals surface area contributed by atoms with Gasteiger partial charge < -0.3 is 5.32 Å². The van der Waals surface area contributed by atoms with Crippen LogP contribution in [0.2, 0.25) is 0 Å². The van der Waals surface area contributed by atoms with E-state index in [4.69, 9.17) is 0 Å². The molecule has 0 aliphatic heterocycles. The maximum absolute atomic E-state index is 11.6. The number of hydrogen-bond acceptors (Lipinski definition) is 1. The van der Waals surface area contributed by atoms with Crippen molar-refractivity contribution in [1.82, 2.24) is 0 Å². The monoisotopic (exact) mass is 201 g/mol. The summed E-state index contributed by atoms with van der Waals surface area (Å²) in [5.74, 6) is -0.149. The molecule has 1 rings (SSSR count). The van der Waals surface area contributed by atoms with Gasteiger partial charge in [0.15, 0.2) is 0 Å². The molecule has 0 aliphatic carbocycles. The molecule has 0 aromatic heterocycles. The molecule has 2 heteroatoms. The molecule has 1 amide bonds. The van der Waals surface area contributed by atoms with E-state index in [2.05, 4.69) is 18.5 Å². The summed E-state index contributed by atoms with van der Waals surface area (Å²) in [7, 11) is 0. The van der Waals surface area contributed by atoms with Gasteiger partial charge in [-0.15, -0.1) is 0 Å². The average Bonchev–Trinajstić information content (AvgIpc) is 2.18. The summed E-state index contributed by atoms with van der Waals surface area (Å²) in [4.78, 5) is 11.6. The fourth-order valence-corrected chi connectivity index (χ4v) is 1.19. The van der Waals surface area contributed by atoms with Gasteiger partial charge in [0.2, 0.25) is 0 Å². The number of rotatable bonds is 4. The molecule has 0 atom stereocenters. The minimum atomic E-state index is -0.149. The quantitative estimate of drug-likeness (QED) is 0.588. The van der Waals surface area contributed by atoms with Gasteiger partial charge >= 0.3 is 0 Å². The van der Waals surface area contributed by atoms with E-state index in [-0.39, 0.29) is 5.91 Å². The van der Waals surface area contributed by atoms with Gasteiger partial charge in [-0.2, -0.15) is 0 Å². The lowest BCUT2D eigenvalue weighted by molar-refractivity contribution is -0.112. The van der Waals surface area contributed by atoms with E-state index in [0.717, 1.165) is 11.3 Å². The number of carbonyl (C=O) groups excluding carboxylic acids is 1. The Hall–Kier alpha value is -1.83. The van der Waals surface area contributed by atoms with Gasteiger partial charge in [0.25, 0.3) is 5.91 Å². The zero-order valence-electron chi connectivity index (χ0n) is 8.92. The molecule has 78 valence electrons. The normalized spacial score (nSPS) is 9.40. The highest BCUT2D eigenvalue weighted by atomic mass is 16.1. The third kappa shape index (κ3) is 3.81. The number of nitrogens with one attached hydrogen (secondary N) is 1. The lowest BCUT2D eigenvalue weighted by Gasteiger charge is -2.06. The van der Waals surface area contributed by atoms with Crippen LogP contribution in [0.25, 0.3) is 0 Å². The third-order valence-corrected chi connectivity index (χ3v) is 1.87. The van der Waals surface area contributed by atoms with Gasteiger partial charge in [0, 0.05) is 11.3 Å². The van der Waals surface area contributed by atoms with Crippen molar-refractivity contribution < 1.29 is 4.79 Å². The first-order valence-corrected chi connectivity index (χ1v) is 4.78. The van der Waals surface area contributed by atoms with E-state index in [1.165, 1.54) is 0 Å². The maximum atomic E-state index is 11.6. The molecule has 0 unspecified atom stereocenters. The molecule has 0 bridgehead atoms. The van der Waals surface area contributed by atoms with Crippen LogP contribution in [0.4, 0.5) is 5.69 Å². The Bertz CT molecular complexity index is 379. The van der Waals surface area contributed by atoms with Crippen molar-refractivity contribution in [3.05, 3.63) is 54.6 Å². The Morgan fingerprint density at radius 1 is 1.27 bits per heavy atom. The van der Waals surface area contributed by atoms with Crippen molar-refractivity contribution in [1.29, 1.82) is 0 Å². The molecule has 1 aromatic carbocycles. The van der Waals surface area contributed by atoms with Crippen molar-refractivity contribution >= 4 is 11.6 Å². The number of anilines is 1. The summed E-state index contributed by atoms with van der Waals surface area (Å²) in [6.07, 6.45) is 0.540. The van der Waals surface area contributed by atoms with Gasteiger partial charge in [0.05, 0.1) is 0 Å². The summed E-state index contributed by atoms with van der Waals surface area (Å²) >= 11 is 0. The summed E-state index contributed by atoms with van der Waals surface area (Å²) < 4.78 is 0. The molecule has 2 nitrogen and oxygen atoms in total. The summed E-state index contributed by atoms with van der Waals surface area (Å²) in [6.45, 7) is 9.34. The lowest BCUT2D eigenvalue weighted by Crippen LogP contribution is -2.13. The number of benzene rings is 1. The maximum Gasteiger partial charge on any atom is 0.251 e. The third-order valence-electron chi connectivity index (χ3n) is 1.87. The molecule has 15 heavy (non-hydrogen) atoms. The highest BCUT2D eigenvalue weighted by Gasteiger charge is 2.06. The molecule has 0 aliphatic rings. The van der Waals surface area contributed by atoms with Gasteiger partial charge in [0.1, 0.15) is 0 Å². The van der Waals surface area contributed by atoms with Crippen LogP contribution in [0.15, 0.2) is 54.6 Å². The lowest BCUT2D eigenvalue weighted by atomic mass is 10.1. The van der Waals surface area contributed by atoms with Crippen LogP contribution in [-0.2, 0) is 4.79 Å².